The largest absolute Gasteiger partial charge is 0.756 e. The van der Waals surface area contributed by atoms with Crippen LogP contribution in [-0.4, -0.2) is 20.0 Å². The number of hydrogen-bond acceptors (Lipinski definition) is 8. The van der Waals surface area contributed by atoms with E-state index in [0.717, 1.165) is 28.1 Å². The number of nitrogens with zero attached hydrogens (tertiary/aromatic N) is 3. The Bertz CT molecular complexity index is 1510. The second-order valence-electron chi connectivity index (χ2n) is 8.14. The highest BCUT2D eigenvalue weighted by Crippen LogP contribution is 2.30. The molecule has 36 heavy (non-hydrogen) atoms. The number of phosphoric ester groups is 1. The SMILES string of the molecule is Nc1c(-c2cc(Cc3ccc(CNc4nc5ccccc5[nH]4)cc3)no2)ccc[n+]1COP(=O)([O-])O. The van der Waals surface area contributed by atoms with Crippen molar-refractivity contribution in [1.29, 1.82) is 0 Å². The highest BCUT2D eigenvalue weighted by Gasteiger charge is 2.18. The van der Waals surface area contributed by atoms with Gasteiger partial charge in [0.2, 0.25) is 5.95 Å². The third-order valence-corrected chi connectivity index (χ3v) is 6.00. The lowest BCUT2D eigenvalue weighted by Gasteiger charge is -2.14. The van der Waals surface area contributed by atoms with E-state index >= 15 is 0 Å². The van der Waals surface area contributed by atoms with E-state index in [1.54, 1.807) is 18.2 Å². The number of aromatic amines is 1. The maximum Gasteiger partial charge on any atom is 0.285 e. The minimum absolute atomic E-state index is 0.204. The van der Waals surface area contributed by atoms with Gasteiger partial charge in [-0.1, -0.05) is 41.6 Å². The Hall–Kier alpha value is -4.02. The highest BCUT2D eigenvalue weighted by atomic mass is 31.2. The highest BCUT2D eigenvalue weighted by molar-refractivity contribution is 7.44. The van der Waals surface area contributed by atoms with Crippen molar-refractivity contribution in [2.75, 3.05) is 11.1 Å². The van der Waals surface area contributed by atoms with Crippen molar-refractivity contribution < 1.29 is 28.0 Å². The Morgan fingerprint density at radius 1 is 1.14 bits per heavy atom. The van der Waals surface area contributed by atoms with Gasteiger partial charge in [0.25, 0.3) is 13.6 Å². The molecule has 0 spiro atoms. The Labute approximate surface area is 205 Å². The molecule has 0 radical (unpaired) electrons. The van der Waals surface area contributed by atoms with Gasteiger partial charge in [-0.2, -0.15) is 0 Å². The van der Waals surface area contributed by atoms with Gasteiger partial charge in [-0.25, -0.2) is 9.55 Å². The van der Waals surface area contributed by atoms with Gasteiger partial charge >= 0.3 is 0 Å². The summed E-state index contributed by atoms with van der Waals surface area (Å²) >= 11 is 0. The summed E-state index contributed by atoms with van der Waals surface area (Å²) in [5, 5.41) is 7.44. The lowest BCUT2D eigenvalue weighted by Crippen LogP contribution is -2.38. The molecule has 3 heterocycles. The van der Waals surface area contributed by atoms with E-state index < -0.39 is 14.6 Å². The number of H-pyrrole nitrogens is 1. The monoisotopic (exact) mass is 506 g/mol. The van der Waals surface area contributed by atoms with Gasteiger partial charge in [-0.05, 0) is 35.4 Å². The molecule has 184 valence electrons. The molecule has 0 aliphatic carbocycles. The number of nitrogen functional groups attached to an aromatic ring is 1. The molecule has 3 aromatic heterocycles. The van der Waals surface area contributed by atoms with Crippen molar-refractivity contribution in [2.24, 2.45) is 0 Å². The van der Waals surface area contributed by atoms with E-state index in [0.29, 0.717) is 30.0 Å². The lowest BCUT2D eigenvalue weighted by atomic mass is 10.1. The number of hydrogen-bond donors (Lipinski definition) is 4. The fourth-order valence-electron chi connectivity index (χ4n) is 3.75. The Morgan fingerprint density at radius 2 is 1.92 bits per heavy atom. The number of rotatable bonds is 9. The summed E-state index contributed by atoms with van der Waals surface area (Å²) < 4.78 is 22.1. The van der Waals surface area contributed by atoms with Crippen molar-refractivity contribution in [3.63, 3.8) is 0 Å². The first-order valence-corrected chi connectivity index (χ1v) is 12.5. The fraction of sp³-hybridized carbons (Fsp3) is 0.125. The molecule has 11 nitrogen and oxygen atoms in total. The van der Waals surface area contributed by atoms with E-state index in [9.17, 15) is 9.46 Å². The maximum atomic E-state index is 10.9. The number of pyridine rings is 1. The number of anilines is 2. The Kier molecular flexibility index (Phi) is 6.53. The van der Waals surface area contributed by atoms with Crippen LogP contribution in [0.1, 0.15) is 16.8 Å². The van der Waals surface area contributed by atoms with Gasteiger partial charge in [-0.15, -0.1) is 0 Å². The van der Waals surface area contributed by atoms with Crippen LogP contribution in [0.25, 0.3) is 22.4 Å². The Balaban J connectivity index is 1.22. The number of phosphoric acid groups is 1. The summed E-state index contributed by atoms with van der Waals surface area (Å²) in [5.41, 5.74) is 11.4. The number of aromatic nitrogens is 4. The van der Waals surface area contributed by atoms with Crippen LogP contribution in [0.3, 0.4) is 0 Å². The van der Waals surface area contributed by atoms with E-state index in [-0.39, 0.29) is 5.82 Å². The van der Waals surface area contributed by atoms with Gasteiger partial charge < -0.3 is 24.6 Å². The zero-order valence-electron chi connectivity index (χ0n) is 19.0. The molecule has 5 N–H and O–H groups in total. The van der Waals surface area contributed by atoms with Crippen molar-refractivity contribution >= 4 is 30.6 Å². The number of para-hydroxylation sites is 2. The second kappa shape index (κ2) is 9.92. The molecule has 2 aromatic carbocycles. The van der Waals surface area contributed by atoms with Crippen molar-refractivity contribution in [1.82, 2.24) is 15.1 Å². The standard InChI is InChI=1S/C24H23N6O5P/c25-23-19(4-3-11-30(23)15-34-36(31,32)33)22-13-18(29-35-22)12-16-7-9-17(10-8-16)14-26-24-27-20-5-1-2-6-21(20)28-24/h1-11,13,25H,12,14-15H2,(H4,26,27,28,31,32,33). The first-order valence-electron chi connectivity index (χ1n) is 11.0. The third kappa shape index (κ3) is 5.61. The summed E-state index contributed by atoms with van der Waals surface area (Å²) in [7, 11) is -4.87. The molecule has 0 aliphatic heterocycles. The molecule has 0 amide bonds. The fourth-order valence-corrected chi connectivity index (χ4v) is 4.02. The molecule has 5 rings (SSSR count). The van der Waals surface area contributed by atoms with Crippen LogP contribution in [0.5, 0.6) is 0 Å². The number of nitrogens with two attached hydrogens (primary N) is 1. The van der Waals surface area contributed by atoms with Gasteiger partial charge in [0.05, 0.1) is 22.9 Å². The summed E-state index contributed by atoms with van der Waals surface area (Å²) in [6.07, 6.45) is 2.08. The molecule has 0 fully saturated rings. The quantitative estimate of drug-likeness (QED) is 0.174. The normalized spacial score (nSPS) is 13.1. The first kappa shape index (κ1) is 23.7. The van der Waals surface area contributed by atoms with Gasteiger partial charge in [0.1, 0.15) is 5.56 Å². The first-order chi connectivity index (χ1) is 17.3. The average Bonchev–Trinajstić information content (AvgIpc) is 3.49. The van der Waals surface area contributed by atoms with Gasteiger partial charge in [-0.3, -0.25) is 14.8 Å². The van der Waals surface area contributed by atoms with Gasteiger partial charge in [0.15, 0.2) is 12.5 Å². The maximum absolute atomic E-state index is 10.9. The van der Waals surface area contributed by atoms with E-state index in [2.05, 4.69) is 25.0 Å². The molecule has 1 atom stereocenters. The van der Waals surface area contributed by atoms with Crippen molar-refractivity contribution in [3.8, 4) is 11.3 Å². The predicted molar refractivity (Wildman–Crippen MR) is 130 cm³/mol. The predicted octanol–water partition coefficient (Wildman–Crippen LogP) is 2.73. The van der Waals surface area contributed by atoms with Crippen LogP contribution in [-0.2, 0) is 28.8 Å². The van der Waals surface area contributed by atoms with Crippen LogP contribution in [0.2, 0.25) is 0 Å². The molecule has 0 saturated carbocycles. The molecule has 0 saturated heterocycles. The van der Waals surface area contributed by atoms with E-state index in [1.807, 2.05) is 48.5 Å². The average molecular weight is 506 g/mol. The summed E-state index contributed by atoms with van der Waals surface area (Å²) in [4.78, 5) is 27.5. The van der Waals surface area contributed by atoms with Crippen LogP contribution in [0.4, 0.5) is 11.8 Å². The number of imidazole rings is 1. The summed E-state index contributed by atoms with van der Waals surface area (Å²) in [6, 6.07) is 21.2. The van der Waals surface area contributed by atoms with Crippen LogP contribution >= 0.6 is 7.82 Å². The smallest absolute Gasteiger partial charge is 0.285 e. The lowest BCUT2D eigenvalue weighted by molar-refractivity contribution is -0.712. The van der Waals surface area contributed by atoms with Crippen molar-refractivity contribution in [3.05, 3.63) is 89.7 Å². The molecule has 0 aliphatic rings. The molecule has 1 unspecified atom stereocenters. The van der Waals surface area contributed by atoms with Crippen LogP contribution in [0, 0.1) is 0 Å². The zero-order valence-corrected chi connectivity index (χ0v) is 19.9. The number of fused-ring (bicyclic) bond motifs is 1. The molecule has 0 bridgehead atoms. The molecule has 12 heteroatoms. The third-order valence-electron chi connectivity index (χ3n) is 5.56. The van der Waals surface area contributed by atoms with Gasteiger partial charge in [0, 0.05) is 19.0 Å². The topological polar surface area (TPSA) is 166 Å². The summed E-state index contributed by atoms with van der Waals surface area (Å²) in [5.74, 6) is 1.36. The molecule has 5 aromatic rings. The zero-order chi connectivity index (χ0) is 25.1. The minimum Gasteiger partial charge on any atom is -0.756 e. The van der Waals surface area contributed by atoms with Crippen LogP contribution in [0.15, 0.2) is 77.4 Å². The number of benzene rings is 2. The summed E-state index contributed by atoms with van der Waals surface area (Å²) in [6.45, 7) is 0.165. The molecular weight excluding hydrogens is 483 g/mol. The van der Waals surface area contributed by atoms with E-state index in [1.165, 1.54) is 10.8 Å². The Morgan fingerprint density at radius 3 is 2.69 bits per heavy atom. The minimum atomic E-state index is -4.87. The molecular formula is C24H23N6O5P. The second-order valence-corrected chi connectivity index (χ2v) is 9.33. The van der Waals surface area contributed by atoms with E-state index in [4.69, 9.17) is 15.2 Å². The van der Waals surface area contributed by atoms with Crippen molar-refractivity contribution in [2.45, 2.75) is 19.7 Å². The number of nitrogens with one attached hydrogen (secondary N) is 2. The van der Waals surface area contributed by atoms with Crippen LogP contribution < -0.4 is 20.5 Å².